The van der Waals surface area contributed by atoms with E-state index in [1.165, 1.54) is 12.1 Å². The Bertz CT molecular complexity index is 1210. The van der Waals surface area contributed by atoms with Gasteiger partial charge >= 0.3 is 0 Å². The number of anilines is 1. The van der Waals surface area contributed by atoms with Crippen LogP contribution in [-0.4, -0.2) is 11.1 Å². The third-order valence-electron chi connectivity index (χ3n) is 4.61. The smallest absolute Gasteiger partial charge is 0.271 e. The summed E-state index contributed by atoms with van der Waals surface area (Å²) in [6.07, 6.45) is 1.68. The van der Waals surface area contributed by atoms with Crippen LogP contribution in [0.4, 0.5) is 11.4 Å². The van der Waals surface area contributed by atoms with Crippen LogP contribution >= 0.6 is 0 Å². The van der Waals surface area contributed by atoms with Gasteiger partial charge in [0.2, 0.25) is 0 Å². The molecule has 0 spiro atoms. The van der Waals surface area contributed by atoms with Crippen LogP contribution in [-0.2, 0) is 6.61 Å². The van der Waals surface area contributed by atoms with Gasteiger partial charge in [0.1, 0.15) is 12.4 Å². The average molecular weight is 397 g/mol. The monoisotopic (exact) mass is 397 g/mol. The lowest BCUT2D eigenvalue weighted by Crippen LogP contribution is -2.00. The molecule has 0 heterocycles. The molecule has 0 aliphatic heterocycles. The molecule has 0 saturated carbocycles. The largest absolute Gasteiger partial charge is 0.488 e. The third kappa shape index (κ3) is 4.44. The SMILES string of the molecule is O=[N+]([O-])c1cccc(NN=Cc2c(OCc3ccccc3)ccc3ccccc23)c1. The second-order valence-electron chi connectivity index (χ2n) is 6.65. The van der Waals surface area contributed by atoms with Crippen molar-refractivity contribution in [2.45, 2.75) is 6.61 Å². The highest BCUT2D eigenvalue weighted by Crippen LogP contribution is 2.27. The highest BCUT2D eigenvalue weighted by molar-refractivity contribution is 6.02. The molecule has 6 nitrogen and oxygen atoms in total. The number of ether oxygens (including phenoxy) is 1. The van der Waals surface area contributed by atoms with Gasteiger partial charge in [-0.2, -0.15) is 5.10 Å². The first-order valence-electron chi connectivity index (χ1n) is 9.43. The molecule has 0 aromatic heterocycles. The van der Waals surface area contributed by atoms with Gasteiger partial charge in [-0.15, -0.1) is 0 Å². The van der Waals surface area contributed by atoms with Gasteiger partial charge in [0.15, 0.2) is 0 Å². The zero-order chi connectivity index (χ0) is 20.8. The van der Waals surface area contributed by atoms with Gasteiger partial charge in [0, 0.05) is 17.7 Å². The minimum atomic E-state index is -0.435. The summed E-state index contributed by atoms with van der Waals surface area (Å²) in [6, 6.07) is 28.1. The molecule has 0 unspecified atom stereocenters. The van der Waals surface area contributed by atoms with Gasteiger partial charge in [-0.3, -0.25) is 15.5 Å². The number of hydrogen-bond acceptors (Lipinski definition) is 5. The number of hydrogen-bond donors (Lipinski definition) is 1. The van der Waals surface area contributed by atoms with Crippen molar-refractivity contribution in [3.05, 3.63) is 112 Å². The maximum absolute atomic E-state index is 11.0. The van der Waals surface area contributed by atoms with E-state index in [0.29, 0.717) is 18.0 Å². The van der Waals surface area contributed by atoms with Gasteiger partial charge < -0.3 is 4.74 Å². The highest BCUT2D eigenvalue weighted by atomic mass is 16.6. The molecule has 4 rings (SSSR count). The molecular weight excluding hydrogens is 378 g/mol. The number of fused-ring (bicyclic) bond motifs is 1. The van der Waals surface area contributed by atoms with Crippen LogP contribution in [0.1, 0.15) is 11.1 Å². The van der Waals surface area contributed by atoms with Gasteiger partial charge in [-0.05, 0) is 28.5 Å². The Morgan fingerprint density at radius 3 is 2.57 bits per heavy atom. The summed E-state index contributed by atoms with van der Waals surface area (Å²) in [7, 11) is 0. The highest BCUT2D eigenvalue weighted by Gasteiger charge is 2.08. The molecule has 6 heteroatoms. The van der Waals surface area contributed by atoms with Crippen molar-refractivity contribution in [3.63, 3.8) is 0 Å². The standard InChI is InChI=1S/C24H19N3O3/c28-27(29)21-11-6-10-20(15-21)26-25-16-23-22-12-5-4-9-19(22)13-14-24(23)30-17-18-7-2-1-3-8-18/h1-16,26H,17H2. The van der Waals surface area contributed by atoms with E-state index in [2.05, 4.69) is 10.5 Å². The first-order chi connectivity index (χ1) is 14.7. The number of nitro groups is 1. The van der Waals surface area contributed by atoms with Crippen molar-refractivity contribution >= 4 is 28.4 Å². The quantitative estimate of drug-likeness (QED) is 0.244. The van der Waals surface area contributed by atoms with Crippen molar-refractivity contribution in [2.75, 3.05) is 5.43 Å². The fraction of sp³-hybridized carbons (Fsp3) is 0.0417. The van der Waals surface area contributed by atoms with Gasteiger partial charge in [-0.1, -0.05) is 66.7 Å². The maximum Gasteiger partial charge on any atom is 0.271 e. The zero-order valence-electron chi connectivity index (χ0n) is 16.1. The zero-order valence-corrected chi connectivity index (χ0v) is 16.1. The molecule has 0 aliphatic carbocycles. The first-order valence-corrected chi connectivity index (χ1v) is 9.43. The maximum atomic E-state index is 11.0. The number of hydrazone groups is 1. The summed E-state index contributed by atoms with van der Waals surface area (Å²) in [6.45, 7) is 0.443. The normalized spacial score (nSPS) is 10.9. The predicted octanol–water partition coefficient (Wildman–Crippen LogP) is 5.77. The van der Waals surface area contributed by atoms with Gasteiger partial charge in [-0.25, -0.2) is 0 Å². The second-order valence-corrected chi connectivity index (χ2v) is 6.65. The number of nitrogens with one attached hydrogen (secondary N) is 1. The Labute approximate surface area is 173 Å². The van der Waals surface area contributed by atoms with E-state index in [0.717, 1.165) is 21.9 Å². The van der Waals surface area contributed by atoms with Crippen LogP contribution in [0, 0.1) is 10.1 Å². The van der Waals surface area contributed by atoms with E-state index in [9.17, 15) is 10.1 Å². The Hall–Kier alpha value is -4.19. The van der Waals surface area contributed by atoms with Crippen LogP contribution in [0.15, 0.2) is 96.1 Å². The second kappa shape index (κ2) is 8.87. The third-order valence-corrected chi connectivity index (χ3v) is 4.61. The number of benzene rings is 4. The number of non-ortho nitro benzene ring substituents is 1. The van der Waals surface area contributed by atoms with Crippen LogP contribution in [0.25, 0.3) is 10.8 Å². The van der Waals surface area contributed by atoms with Crippen molar-refractivity contribution in [3.8, 4) is 5.75 Å². The lowest BCUT2D eigenvalue weighted by molar-refractivity contribution is -0.384. The molecule has 1 N–H and O–H groups in total. The van der Waals surface area contributed by atoms with Crippen molar-refractivity contribution < 1.29 is 9.66 Å². The predicted molar refractivity (Wildman–Crippen MR) is 119 cm³/mol. The van der Waals surface area contributed by atoms with Crippen LogP contribution in [0.3, 0.4) is 0 Å². The Morgan fingerprint density at radius 2 is 1.73 bits per heavy atom. The summed E-state index contributed by atoms with van der Waals surface area (Å²) in [5.41, 5.74) is 5.31. The van der Waals surface area contributed by atoms with E-state index in [4.69, 9.17) is 4.74 Å². The molecule has 148 valence electrons. The lowest BCUT2D eigenvalue weighted by atomic mass is 10.0. The van der Waals surface area contributed by atoms with E-state index in [-0.39, 0.29) is 5.69 Å². The fourth-order valence-corrected chi connectivity index (χ4v) is 3.13. The molecule has 0 amide bonds. The van der Waals surface area contributed by atoms with Crippen LogP contribution in [0.5, 0.6) is 5.75 Å². The van der Waals surface area contributed by atoms with E-state index >= 15 is 0 Å². The summed E-state index contributed by atoms with van der Waals surface area (Å²) in [5, 5.41) is 17.3. The molecule has 30 heavy (non-hydrogen) atoms. The molecule has 0 saturated heterocycles. The number of nitrogens with zero attached hydrogens (tertiary/aromatic N) is 2. The van der Waals surface area contributed by atoms with E-state index in [1.807, 2.05) is 66.7 Å². The number of nitro benzene ring substituents is 1. The van der Waals surface area contributed by atoms with Gasteiger partial charge in [0.05, 0.1) is 16.8 Å². The summed E-state index contributed by atoms with van der Waals surface area (Å²) >= 11 is 0. The first kappa shape index (κ1) is 19.1. The van der Waals surface area contributed by atoms with E-state index < -0.39 is 4.92 Å². The van der Waals surface area contributed by atoms with Gasteiger partial charge in [0.25, 0.3) is 5.69 Å². The molecule has 0 radical (unpaired) electrons. The Balaban J connectivity index is 1.61. The minimum Gasteiger partial charge on any atom is -0.488 e. The van der Waals surface area contributed by atoms with Crippen molar-refractivity contribution in [2.24, 2.45) is 5.10 Å². The van der Waals surface area contributed by atoms with E-state index in [1.54, 1.807) is 18.3 Å². The lowest BCUT2D eigenvalue weighted by Gasteiger charge is -2.12. The van der Waals surface area contributed by atoms with Crippen LogP contribution < -0.4 is 10.2 Å². The minimum absolute atomic E-state index is 0.00671. The molecule has 0 fully saturated rings. The molecule has 0 aliphatic rings. The summed E-state index contributed by atoms with van der Waals surface area (Å²) < 4.78 is 6.08. The summed E-state index contributed by atoms with van der Waals surface area (Å²) in [4.78, 5) is 10.5. The molecule has 0 atom stereocenters. The molecule has 4 aromatic rings. The topological polar surface area (TPSA) is 76.8 Å². The van der Waals surface area contributed by atoms with Crippen molar-refractivity contribution in [1.29, 1.82) is 0 Å². The molecule has 0 bridgehead atoms. The Kier molecular flexibility index (Phi) is 5.66. The molecule has 4 aromatic carbocycles. The molecular formula is C24H19N3O3. The van der Waals surface area contributed by atoms with Crippen molar-refractivity contribution in [1.82, 2.24) is 0 Å². The van der Waals surface area contributed by atoms with Crippen LogP contribution in [0.2, 0.25) is 0 Å². The number of rotatable bonds is 7. The summed E-state index contributed by atoms with van der Waals surface area (Å²) in [5.74, 6) is 0.710. The average Bonchev–Trinajstić information content (AvgIpc) is 2.79. The fourth-order valence-electron chi connectivity index (χ4n) is 3.13. The Morgan fingerprint density at radius 1 is 0.933 bits per heavy atom.